The van der Waals surface area contributed by atoms with E-state index in [0.29, 0.717) is 0 Å². The third kappa shape index (κ3) is 8.27. The van der Waals surface area contributed by atoms with Crippen LogP contribution in [0, 0.1) is 13.8 Å². The quantitative estimate of drug-likeness (QED) is 0.142. The fraction of sp³-hybridized carbons (Fsp3) is 0.111. The Bertz CT molecular complexity index is 4060. The normalized spacial score (nSPS) is 11.2. The minimum absolute atomic E-state index is 0.852. The Morgan fingerprint density at radius 1 is 0.263 bits per heavy atom. The molecule has 4 heteroatoms. The van der Waals surface area contributed by atoms with Crippen LogP contribution in [0.1, 0.15) is 52.7 Å². The van der Waals surface area contributed by atoms with Crippen molar-refractivity contribution in [1.82, 2.24) is 0 Å². The van der Waals surface area contributed by atoms with Gasteiger partial charge in [-0.25, -0.2) is 0 Å². The number of para-hydroxylation sites is 4. The molecular formula is C72H62N2O2. The van der Waals surface area contributed by atoms with Crippen molar-refractivity contribution in [2.75, 3.05) is 9.80 Å². The second kappa shape index (κ2) is 21.0. The lowest BCUT2D eigenvalue weighted by Gasteiger charge is -2.31. The number of rotatable bonds is 8. The van der Waals surface area contributed by atoms with E-state index in [0.717, 1.165) is 111 Å². The van der Waals surface area contributed by atoms with Crippen molar-refractivity contribution in [3.63, 3.8) is 0 Å². The highest BCUT2D eigenvalue weighted by Gasteiger charge is 2.27. The molecule has 14 aromatic rings. The lowest BCUT2D eigenvalue weighted by atomic mass is 9.91. The van der Waals surface area contributed by atoms with Crippen molar-refractivity contribution in [2.24, 2.45) is 0 Å². The van der Waals surface area contributed by atoms with Crippen LogP contribution in [0.2, 0.25) is 0 Å². The molecule has 2 heterocycles. The summed E-state index contributed by atoms with van der Waals surface area (Å²) < 4.78 is 13.7. The Morgan fingerprint density at radius 3 is 1.05 bits per heavy atom. The van der Waals surface area contributed by atoms with Gasteiger partial charge in [0.25, 0.3) is 0 Å². The minimum atomic E-state index is 0.852. The molecule has 0 aliphatic heterocycles. The van der Waals surface area contributed by atoms with E-state index in [-0.39, 0.29) is 0 Å². The maximum atomic E-state index is 6.85. The number of hydrogen-bond donors (Lipinski definition) is 0. The molecule has 0 aliphatic rings. The van der Waals surface area contributed by atoms with Gasteiger partial charge in [-0.05, 0) is 117 Å². The van der Waals surface area contributed by atoms with Gasteiger partial charge in [-0.2, -0.15) is 0 Å². The number of furan rings is 2. The third-order valence-electron chi connectivity index (χ3n) is 14.5. The van der Waals surface area contributed by atoms with Gasteiger partial charge in [0.2, 0.25) is 0 Å². The largest absolute Gasteiger partial charge is 0.454 e. The molecule has 0 atom stereocenters. The number of nitrogens with zero attached hydrogens (tertiary/aromatic N) is 2. The zero-order valence-corrected chi connectivity index (χ0v) is 44.7. The highest BCUT2D eigenvalue weighted by molar-refractivity contribution is 6.29. The Hall–Kier alpha value is -9.12. The second-order valence-electron chi connectivity index (χ2n) is 18.5. The van der Waals surface area contributed by atoms with Crippen LogP contribution in [0.25, 0.3) is 98.4 Å². The molecule has 14 rings (SSSR count). The molecule has 372 valence electrons. The maximum Gasteiger partial charge on any atom is 0.159 e. The lowest BCUT2D eigenvalue weighted by molar-refractivity contribution is 0.668. The van der Waals surface area contributed by atoms with Gasteiger partial charge in [-0.1, -0.05) is 224 Å². The topological polar surface area (TPSA) is 32.8 Å². The molecular weight excluding hydrogens is 925 g/mol. The van der Waals surface area contributed by atoms with Crippen LogP contribution in [0.15, 0.2) is 239 Å². The van der Waals surface area contributed by atoms with Gasteiger partial charge in [0.05, 0.1) is 22.7 Å². The van der Waals surface area contributed by atoms with Crippen LogP contribution in [0.5, 0.6) is 0 Å². The number of benzene rings is 12. The highest BCUT2D eigenvalue weighted by Crippen LogP contribution is 2.51. The summed E-state index contributed by atoms with van der Waals surface area (Å²) in [7, 11) is 0. The minimum Gasteiger partial charge on any atom is -0.454 e. The monoisotopic (exact) mass is 986 g/mol. The van der Waals surface area contributed by atoms with Gasteiger partial charge >= 0.3 is 0 Å². The molecule has 76 heavy (non-hydrogen) atoms. The molecule has 0 radical (unpaired) electrons. The summed E-state index contributed by atoms with van der Waals surface area (Å²) in [5.74, 6) is 0. The summed E-state index contributed by atoms with van der Waals surface area (Å²) in [6.07, 6.45) is 0. The molecule has 0 spiro atoms. The maximum absolute atomic E-state index is 6.85. The molecule has 0 N–H and O–H groups in total. The summed E-state index contributed by atoms with van der Waals surface area (Å²) in [5.41, 5.74) is 16.7. The van der Waals surface area contributed by atoms with E-state index in [2.05, 4.69) is 242 Å². The predicted octanol–water partition coefficient (Wildman–Crippen LogP) is 22.4. The summed E-state index contributed by atoms with van der Waals surface area (Å²) in [5, 5.41) is 11.5. The number of anilines is 6. The van der Waals surface area contributed by atoms with Crippen molar-refractivity contribution in [1.29, 1.82) is 0 Å². The van der Waals surface area contributed by atoms with E-state index < -0.39 is 0 Å². The first kappa shape index (κ1) is 49.1. The summed E-state index contributed by atoms with van der Waals surface area (Å²) in [4.78, 5) is 4.87. The van der Waals surface area contributed by atoms with Crippen molar-refractivity contribution in [3.05, 3.63) is 242 Å². The highest BCUT2D eigenvalue weighted by atomic mass is 16.3. The van der Waals surface area contributed by atoms with E-state index in [9.17, 15) is 0 Å². The van der Waals surface area contributed by atoms with Crippen LogP contribution in [-0.2, 0) is 0 Å². The van der Waals surface area contributed by atoms with Crippen LogP contribution in [0.3, 0.4) is 0 Å². The molecule has 0 unspecified atom stereocenters. The molecule has 0 fully saturated rings. The van der Waals surface area contributed by atoms with E-state index in [4.69, 9.17) is 8.83 Å². The first-order valence-electron chi connectivity index (χ1n) is 27.0. The van der Waals surface area contributed by atoms with Gasteiger partial charge in [-0.3, -0.25) is 0 Å². The fourth-order valence-corrected chi connectivity index (χ4v) is 11.1. The Labute approximate surface area is 446 Å². The standard InChI is InChI=1S/C66H44N2O2.3C2H6/c1-41-27-29-47(43-15-5-3-6-16-43)39-59(41)67(57-23-13-21-51-49-19-9-11-25-61(49)69-65(51)57)55-37-33-45-32-36-54-56(38-34-46-31-35-53(55)63(45)64(46)54)68(60-40-48(30-28-42(60)2)44-17-7-4-8-18-44)58-24-14-22-52-50-20-10-12-26-62(50)70-66(52)58;3*1-2/h3-40H,1-2H3;3*1-2H3. The van der Waals surface area contributed by atoms with E-state index >= 15 is 0 Å². The van der Waals surface area contributed by atoms with Crippen LogP contribution in [0.4, 0.5) is 34.1 Å². The number of fused-ring (bicyclic) bond motifs is 6. The number of aryl methyl sites for hydroxylation is 2. The van der Waals surface area contributed by atoms with Gasteiger partial charge in [0, 0.05) is 43.7 Å². The van der Waals surface area contributed by atoms with Crippen molar-refractivity contribution >= 4 is 110 Å². The zero-order chi connectivity index (χ0) is 52.5. The lowest BCUT2D eigenvalue weighted by Crippen LogP contribution is -2.13. The fourth-order valence-electron chi connectivity index (χ4n) is 11.1. The first-order valence-corrected chi connectivity index (χ1v) is 27.0. The second-order valence-corrected chi connectivity index (χ2v) is 18.5. The summed E-state index contributed by atoms with van der Waals surface area (Å²) >= 11 is 0. The molecule has 4 nitrogen and oxygen atoms in total. The van der Waals surface area contributed by atoms with E-state index in [1.54, 1.807) is 0 Å². The number of hydrogen-bond acceptors (Lipinski definition) is 4. The summed E-state index contributed by atoms with van der Waals surface area (Å²) in [6.45, 7) is 16.4. The van der Waals surface area contributed by atoms with Gasteiger partial charge in [-0.15, -0.1) is 0 Å². The van der Waals surface area contributed by atoms with Crippen molar-refractivity contribution in [3.8, 4) is 22.3 Å². The molecule has 0 aliphatic carbocycles. The average Bonchev–Trinajstić information content (AvgIpc) is 4.17. The predicted molar refractivity (Wildman–Crippen MR) is 328 cm³/mol. The third-order valence-corrected chi connectivity index (χ3v) is 14.5. The van der Waals surface area contributed by atoms with Crippen LogP contribution in [-0.4, -0.2) is 0 Å². The molecule has 0 amide bonds. The Balaban J connectivity index is 0.000000994. The van der Waals surface area contributed by atoms with Gasteiger partial charge in [0.1, 0.15) is 11.2 Å². The average molecular weight is 987 g/mol. The van der Waals surface area contributed by atoms with Crippen molar-refractivity contribution < 1.29 is 8.83 Å². The summed E-state index contributed by atoms with van der Waals surface area (Å²) in [6, 6.07) is 83.2. The Kier molecular flexibility index (Phi) is 13.6. The zero-order valence-electron chi connectivity index (χ0n) is 44.7. The molecule has 2 aromatic heterocycles. The smallest absolute Gasteiger partial charge is 0.159 e. The molecule has 0 saturated carbocycles. The Morgan fingerprint density at radius 2 is 0.632 bits per heavy atom. The van der Waals surface area contributed by atoms with E-state index in [1.807, 2.05) is 53.7 Å². The van der Waals surface area contributed by atoms with Gasteiger partial charge in [0.15, 0.2) is 11.2 Å². The molecule has 12 aromatic carbocycles. The SMILES string of the molecule is CC.CC.CC.Cc1ccc(-c2ccccc2)cc1N(c1ccc2ccc3c(N(c4cc(-c5ccccc5)ccc4C)c4cccc5c4oc4ccccc45)ccc4ccc1c2c43)c1cccc2c1oc1ccccc12. The van der Waals surface area contributed by atoms with Gasteiger partial charge < -0.3 is 18.6 Å². The molecule has 0 bridgehead atoms. The van der Waals surface area contributed by atoms with Crippen LogP contribution < -0.4 is 9.80 Å². The van der Waals surface area contributed by atoms with Crippen LogP contribution >= 0.6 is 0 Å². The molecule has 0 saturated heterocycles. The van der Waals surface area contributed by atoms with Crippen molar-refractivity contribution in [2.45, 2.75) is 55.4 Å². The van der Waals surface area contributed by atoms with E-state index in [1.165, 1.54) is 32.7 Å². The first-order chi connectivity index (χ1) is 37.6.